The highest BCUT2D eigenvalue weighted by Crippen LogP contribution is 2.41. The number of nitrogens with zero attached hydrogens (tertiary/aromatic N) is 1. The van der Waals surface area contributed by atoms with Crippen molar-refractivity contribution in [3.8, 4) is 22.3 Å². The molecule has 0 aliphatic rings. The Kier molecular flexibility index (Phi) is 5.22. The number of anilines is 3. The minimum absolute atomic E-state index is 0.0402. The van der Waals surface area contributed by atoms with Gasteiger partial charge in [0, 0.05) is 16.8 Å². The van der Waals surface area contributed by atoms with E-state index in [1.807, 2.05) is 108 Å². The lowest BCUT2D eigenvalue weighted by atomic mass is 9.97. The van der Waals surface area contributed by atoms with E-state index in [2.05, 4.69) is 48.5 Å². The van der Waals surface area contributed by atoms with E-state index in [9.17, 15) is 2.74 Å². The third-order valence-corrected chi connectivity index (χ3v) is 8.13. The van der Waals surface area contributed by atoms with E-state index in [-0.39, 0.29) is 29.9 Å². The van der Waals surface area contributed by atoms with E-state index >= 15 is 0 Å². The highest BCUT2D eigenvalue weighted by molar-refractivity contribution is 6.01. The molecule has 8 aromatic carbocycles. The molecule has 0 saturated heterocycles. The Bertz CT molecular complexity index is 2450. The zero-order valence-electron chi connectivity index (χ0n) is 27.4. The number of hydrogen-bond acceptors (Lipinski definition) is 1. The van der Waals surface area contributed by atoms with Gasteiger partial charge in [0.2, 0.25) is 0 Å². The molecule has 8 aromatic rings. The van der Waals surface area contributed by atoms with Crippen LogP contribution in [0.1, 0.15) is 5.48 Å². The van der Waals surface area contributed by atoms with Gasteiger partial charge in [0.05, 0.1) is 11.2 Å². The van der Waals surface area contributed by atoms with E-state index in [1.165, 1.54) is 10.8 Å². The maximum Gasteiger partial charge on any atom is 0.0651 e. The van der Waals surface area contributed by atoms with Gasteiger partial charge in [-0.3, -0.25) is 0 Å². The van der Waals surface area contributed by atoms with Crippen LogP contribution in [-0.4, -0.2) is 0 Å². The standard InChI is InChI=1S/C42H29N/c1-4-19-37-30(11-1)14-8-22-39(37)33-25-27-35(28-26-33)43(42-24-10-16-32-13-3-6-21-41(32)42)36-18-7-17-34(29-36)40-23-9-15-31-12-2-5-20-38(31)40/h1-29H/i7D,17D,18D,29D. The molecule has 0 unspecified atom stereocenters. The first-order chi connectivity index (χ1) is 23.0. The monoisotopic (exact) mass is 551 g/mol. The van der Waals surface area contributed by atoms with Crippen LogP contribution in [0.25, 0.3) is 54.6 Å². The summed E-state index contributed by atoms with van der Waals surface area (Å²) in [6.45, 7) is 0. The highest BCUT2D eigenvalue weighted by atomic mass is 15.1. The second-order valence-corrected chi connectivity index (χ2v) is 10.7. The first kappa shape index (κ1) is 21.1. The Morgan fingerprint density at radius 3 is 1.56 bits per heavy atom. The van der Waals surface area contributed by atoms with Gasteiger partial charge in [0.25, 0.3) is 0 Å². The van der Waals surface area contributed by atoms with Gasteiger partial charge in [-0.05, 0) is 79.5 Å². The zero-order valence-corrected chi connectivity index (χ0v) is 23.4. The number of rotatable bonds is 5. The van der Waals surface area contributed by atoms with Gasteiger partial charge in [0.15, 0.2) is 0 Å². The Morgan fingerprint density at radius 1 is 0.395 bits per heavy atom. The summed E-state index contributed by atoms with van der Waals surface area (Å²) >= 11 is 0. The summed E-state index contributed by atoms with van der Waals surface area (Å²) in [5.41, 5.74) is 5.05. The number of benzene rings is 8. The van der Waals surface area contributed by atoms with Crippen LogP contribution in [0.3, 0.4) is 0 Å². The molecule has 0 amide bonds. The van der Waals surface area contributed by atoms with Crippen molar-refractivity contribution in [2.24, 2.45) is 0 Å². The van der Waals surface area contributed by atoms with Gasteiger partial charge in [-0.15, -0.1) is 0 Å². The van der Waals surface area contributed by atoms with Gasteiger partial charge < -0.3 is 4.90 Å². The molecule has 1 nitrogen and oxygen atoms in total. The molecule has 0 N–H and O–H groups in total. The second-order valence-electron chi connectivity index (χ2n) is 10.7. The van der Waals surface area contributed by atoms with Crippen molar-refractivity contribution in [3.63, 3.8) is 0 Å². The van der Waals surface area contributed by atoms with Gasteiger partial charge in [-0.25, -0.2) is 0 Å². The minimum Gasteiger partial charge on any atom is -0.310 e. The average Bonchev–Trinajstić information content (AvgIpc) is 3.12. The van der Waals surface area contributed by atoms with Crippen molar-refractivity contribution in [1.82, 2.24) is 0 Å². The summed E-state index contributed by atoms with van der Waals surface area (Å²) < 4.78 is 36.9. The molecule has 0 atom stereocenters. The largest absolute Gasteiger partial charge is 0.310 e. The predicted octanol–water partition coefficient (Wildman–Crippen LogP) is 11.9. The minimum atomic E-state index is -0.212. The lowest BCUT2D eigenvalue weighted by Gasteiger charge is -2.27. The molecule has 1 heteroatoms. The van der Waals surface area contributed by atoms with E-state index in [0.717, 1.165) is 44.0 Å². The molecular weight excluding hydrogens is 518 g/mol. The lowest BCUT2D eigenvalue weighted by Crippen LogP contribution is -2.10. The fraction of sp³-hybridized carbons (Fsp3) is 0. The normalized spacial score (nSPS) is 12.6. The Hall–Kier alpha value is -5.66. The maximum absolute atomic E-state index is 9.68. The van der Waals surface area contributed by atoms with E-state index in [0.29, 0.717) is 11.1 Å². The molecule has 0 aromatic heterocycles. The first-order valence-electron chi connectivity index (χ1n) is 16.5. The summed E-state index contributed by atoms with van der Waals surface area (Å²) in [5, 5.41) is 6.21. The van der Waals surface area contributed by atoms with Crippen LogP contribution in [0, 0.1) is 0 Å². The topological polar surface area (TPSA) is 3.24 Å². The number of hydrogen-bond donors (Lipinski definition) is 0. The molecule has 0 aliphatic carbocycles. The van der Waals surface area contributed by atoms with Crippen molar-refractivity contribution in [3.05, 3.63) is 176 Å². The Balaban J connectivity index is 1.39. The molecule has 0 saturated carbocycles. The van der Waals surface area contributed by atoms with Crippen molar-refractivity contribution in [2.45, 2.75) is 0 Å². The van der Waals surface area contributed by atoms with Crippen LogP contribution < -0.4 is 4.90 Å². The summed E-state index contributed by atoms with van der Waals surface area (Å²) in [4.78, 5) is 1.92. The van der Waals surface area contributed by atoms with Crippen molar-refractivity contribution in [1.29, 1.82) is 0 Å². The van der Waals surface area contributed by atoms with Gasteiger partial charge in [-0.2, -0.15) is 0 Å². The molecule has 0 radical (unpaired) electrons. The van der Waals surface area contributed by atoms with Crippen LogP contribution in [0.5, 0.6) is 0 Å². The smallest absolute Gasteiger partial charge is 0.0651 e. The van der Waals surface area contributed by atoms with Crippen LogP contribution in [0.2, 0.25) is 0 Å². The highest BCUT2D eigenvalue weighted by Gasteiger charge is 2.17. The fourth-order valence-electron chi connectivity index (χ4n) is 6.08. The van der Waals surface area contributed by atoms with Crippen LogP contribution >= 0.6 is 0 Å². The maximum atomic E-state index is 9.68. The van der Waals surface area contributed by atoms with Crippen LogP contribution in [0.4, 0.5) is 17.1 Å². The third kappa shape index (κ3) is 4.52. The first-order valence-corrected chi connectivity index (χ1v) is 14.5. The predicted molar refractivity (Wildman–Crippen MR) is 185 cm³/mol. The van der Waals surface area contributed by atoms with Gasteiger partial charge >= 0.3 is 0 Å². The van der Waals surface area contributed by atoms with Crippen molar-refractivity contribution < 1.29 is 5.48 Å². The number of fused-ring (bicyclic) bond motifs is 3. The molecule has 0 aliphatic heterocycles. The van der Waals surface area contributed by atoms with E-state index in [4.69, 9.17) is 2.74 Å². The molecule has 43 heavy (non-hydrogen) atoms. The second kappa shape index (κ2) is 10.6. The molecule has 202 valence electrons. The van der Waals surface area contributed by atoms with Crippen LogP contribution in [-0.2, 0) is 0 Å². The van der Waals surface area contributed by atoms with Gasteiger partial charge in [0.1, 0.15) is 0 Å². The van der Waals surface area contributed by atoms with E-state index in [1.54, 1.807) is 0 Å². The molecule has 0 fully saturated rings. The lowest BCUT2D eigenvalue weighted by molar-refractivity contribution is 1.30. The zero-order chi connectivity index (χ0) is 32.1. The molecule has 0 spiro atoms. The summed E-state index contributed by atoms with van der Waals surface area (Å²) in [7, 11) is 0. The summed E-state index contributed by atoms with van der Waals surface area (Å²) in [6, 6.07) is 50.2. The van der Waals surface area contributed by atoms with Gasteiger partial charge in [-0.1, -0.05) is 146 Å². The van der Waals surface area contributed by atoms with Crippen molar-refractivity contribution >= 4 is 49.4 Å². The fourth-order valence-corrected chi connectivity index (χ4v) is 6.08. The van der Waals surface area contributed by atoms with E-state index < -0.39 is 0 Å². The Morgan fingerprint density at radius 2 is 0.907 bits per heavy atom. The SMILES string of the molecule is [2H]c1c([2H])c(-c2cccc3ccccc23)c([2H])c(N(c2ccc(-c3cccc4ccccc34)cc2)c2cccc3ccccc23)c1[2H]. The molecule has 0 heterocycles. The summed E-state index contributed by atoms with van der Waals surface area (Å²) in [6.07, 6.45) is 0. The molecule has 0 bridgehead atoms. The third-order valence-electron chi connectivity index (χ3n) is 8.13. The molecule has 8 rings (SSSR count). The quantitative estimate of drug-likeness (QED) is 0.206. The van der Waals surface area contributed by atoms with Crippen LogP contribution in [0.15, 0.2) is 176 Å². The summed E-state index contributed by atoms with van der Waals surface area (Å²) in [5.74, 6) is 0. The average molecular weight is 552 g/mol. The Labute approximate surface area is 257 Å². The van der Waals surface area contributed by atoms with Crippen molar-refractivity contribution in [2.75, 3.05) is 4.90 Å². The molecular formula is C42H29N.